The third kappa shape index (κ3) is 2.33. The lowest BCUT2D eigenvalue weighted by Crippen LogP contribution is -1.93. The predicted molar refractivity (Wildman–Crippen MR) is 70.3 cm³/mol. The number of aryl methyl sites for hydroxylation is 1. The van der Waals surface area contributed by atoms with Gasteiger partial charge in [0.15, 0.2) is 0 Å². The van der Waals surface area contributed by atoms with E-state index in [0.717, 1.165) is 23.2 Å². The summed E-state index contributed by atoms with van der Waals surface area (Å²) in [7, 11) is 0. The van der Waals surface area contributed by atoms with Gasteiger partial charge in [-0.2, -0.15) is 5.26 Å². The van der Waals surface area contributed by atoms with E-state index < -0.39 is 5.82 Å². The molecule has 2 rings (SSSR count). The Labute approximate surface area is 105 Å². The number of nitrogens with two attached hydrogens (primary N) is 1. The maximum absolute atomic E-state index is 13.4. The lowest BCUT2D eigenvalue weighted by atomic mass is 9.99. The molecule has 2 nitrogen and oxygen atoms in total. The highest BCUT2D eigenvalue weighted by Crippen LogP contribution is 2.25. The van der Waals surface area contributed by atoms with Crippen molar-refractivity contribution >= 4 is 5.69 Å². The monoisotopic (exact) mass is 240 g/mol. The molecule has 0 aliphatic heterocycles. The third-order valence-corrected chi connectivity index (χ3v) is 2.88. The molecule has 90 valence electrons. The molecule has 0 heterocycles. The van der Waals surface area contributed by atoms with Crippen LogP contribution in [0.15, 0.2) is 36.4 Å². The van der Waals surface area contributed by atoms with Crippen molar-refractivity contribution in [2.75, 3.05) is 5.73 Å². The van der Waals surface area contributed by atoms with Crippen molar-refractivity contribution in [2.45, 2.75) is 13.3 Å². The Morgan fingerprint density at radius 3 is 2.61 bits per heavy atom. The molecule has 18 heavy (non-hydrogen) atoms. The molecule has 2 aromatic carbocycles. The maximum atomic E-state index is 13.4. The van der Waals surface area contributed by atoms with Gasteiger partial charge in [-0.05, 0) is 53.4 Å². The topological polar surface area (TPSA) is 49.8 Å². The van der Waals surface area contributed by atoms with Gasteiger partial charge in [-0.25, -0.2) is 4.39 Å². The van der Waals surface area contributed by atoms with Crippen LogP contribution in [0.25, 0.3) is 11.1 Å². The predicted octanol–water partition coefficient (Wildman–Crippen LogP) is 3.51. The molecule has 2 N–H and O–H groups in total. The van der Waals surface area contributed by atoms with E-state index in [-0.39, 0.29) is 0 Å². The minimum Gasteiger partial charge on any atom is -0.399 e. The van der Waals surface area contributed by atoms with Gasteiger partial charge in [0.05, 0.1) is 11.6 Å². The lowest BCUT2D eigenvalue weighted by Gasteiger charge is -2.07. The Morgan fingerprint density at radius 1 is 1.17 bits per heavy atom. The Morgan fingerprint density at radius 2 is 1.94 bits per heavy atom. The van der Waals surface area contributed by atoms with Crippen LogP contribution in [0, 0.1) is 17.1 Å². The van der Waals surface area contributed by atoms with Crippen LogP contribution in [0.1, 0.15) is 18.1 Å². The molecule has 0 amide bonds. The molecule has 2 aromatic rings. The Balaban J connectivity index is 2.55. The van der Waals surface area contributed by atoms with Crippen molar-refractivity contribution in [2.24, 2.45) is 0 Å². The first-order chi connectivity index (χ1) is 8.63. The molecule has 0 unspecified atom stereocenters. The molecule has 0 bridgehead atoms. The fraction of sp³-hybridized carbons (Fsp3) is 0.133. The zero-order valence-electron chi connectivity index (χ0n) is 10.1. The van der Waals surface area contributed by atoms with Crippen molar-refractivity contribution in [3.63, 3.8) is 0 Å². The summed E-state index contributed by atoms with van der Waals surface area (Å²) >= 11 is 0. The summed E-state index contributed by atoms with van der Waals surface area (Å²) in [6.45, 7) is 2.02. The first-order valence-corrected chi connectivity index (χ1v) is 5.73. The number of hydrogen-bond donors (Lipinski definition) is 1. The fourth-order valence-corrected chi connectivity index (χ4v) is 1.91. The Bertz CT molecular complexity index is 627. The smallest absolute Gasteiger partial charge is 0.125 e. The number of benzene rings is 2. The summed E-state index contributed by atoms with van der Waals surface area (Å²) in [6.07, 6.45) is 0.820. The first-order valence-electron chi connectivity index (χ1n) is 5.73. The van der Waals surface area contributed by atoms with Gasteiger partial charge in [0.25, 0.3) is 0 Å². The van der Waals surface area contributed by atoms with Crippen molar-refractivity contribution in [3.8, 4) is 17.2 Å². The second-order valence-corrected chi connectivity index (χ2v) is 4.11. The lowest BCUT2D eigenvalue weighted by molar-refractivity contribution is 0.628. The second kappa shape index (κ2) is 4.89. The summed E-state index contributed by atoms with van der Waals surface area (Å²) in [5, 5.41) is 8.84. The fourth-order valence-electron chi connectivity index (χ4n) is 1.91. The highest BCUT2D eigenvalue weighted by Gasteiger charge is 2.05. The first kappa shape index (κ1) is 12.1. The SMILES string of the molecule is CCc1cc(-c2cc(F)cc(C#N)c2)ccc1N. The quantitative estimate of drug-likeness (QED) is 0.816. The molecule has 0 saturated heterocycles. The van der Waals surface area contributed by atoms with Gasteiger partial charge in [-0.15, -0.1) is 0 Å². The average molecular weight is 240 g/mol. The van der Waals surface area contributed by atoms with E-state index in [4.69, 9.17) is 11.0 Å². The molecule has 0 aliphatic rings. The summed E-state index contributed by atoms with van der Waals surface area (Å²) in [4.78, 5) is 0. The molecule has 0 aromatic heterocycles. The van der Waals surface area contributed by atoms with Crippen LogP contribution in [-0.4, -0.2) is 0 Å². The van der Waals surface area contributed by atoms with E-state index >= 15 is 0 Å². The molecule has 0 aliphatic carbocycles. The van der Waals surface area contributed by atoms with Crippen molar-refractivity contribution in [1.82, 2.24) is 0 Å². The molecular formula is C15H13FN2. The van der Waals surface area contributed by atoms with E-state index in [1.807, 2.05) is 31.2 Å². The Kier molecular flexibility index (Phi) is 3.29. The number of halogens is 1. The number of nitrogen functional groups attached to an aromatic ring is 1. The van der Waals surface area contributed by atoms with E-state index in [1.54, 1.807) is 6.07 Å². The summed E-state index contributed by atoms with van der Waals surface area (Å²) in [6, 6.07) is 11.9. The van der Waals surface area contributed by atoms with Crippen LogP contribution in [-0.2, 0) is 6.42 Å². The summed E-state index contributed by atoms with van der Waals surface area (Å²) in [5.74, 6) is -0.404. The van der Waals surface area contributed by atoms with Gasteiger partial charge >= 0.3 is 0 Å². The summed E-state index contributed by atoms with van der Waals surface area (Å²) < 4.78 is 13.4. The minimum absolute atomic E-state index is 0.319. The van der Waals surface area contributed by atoms with Crippen LogP contribution in [0.3, 0.4) is 0 Å². The van der Waals surface area contributed by atoms with Gasteiger partial charge in [0.2, 0.25) is 0 Å². The second-order valence-electron chi connectivity index (χ2n) is 4.11. The molecule has 0 spiro atoms. The summed E-state index contributed by atoms with van der Waals surface area (Å²) in [5.41, 5.74) is 9.48. The number of hydrogen-bond acceptors (Lipinski definition) is 2. The average Bonchev–Trinajstić information content (AvgIpc) is 2.38. The van der Waals surface area contributed by atoms with Crippen LogP contribution in [0.5, 0.6) is 0 Å². The van der Waals surface area contributed by atoms with Crippen molar-refractivity contribution in [1.29, 1.82) is 5.26 Å². The molecule has 0 saturated carbocycles. The zero-order chi connectivity index (χ0) is 13.1. The van der Waals surface area contributed by atoms with Gasteiger partial charge in [0, 0.05) is 5.69 Å². The number of anilines is 1. The van der Waals surface area contributed by atoms with Crippen molar-refractivity contribution in [3.05, 3.63) is 53.3 Å². The highest BCUT2D eigenvalue weighted by atomic mass is 19.1. The zero-order valence-corrected chi connectivity index (χ0v) is 10.1. The Hall–Kier alpha value is -2.34. The van der Waals surface area contributed by atoms with Gasteiger partial charge in [0.1, 0.15) is 5.82 Å². The van der Waals surface area contributed by atoms with Gasteiger partial charge in [-0.1, -0.05) is 13.0 Å². The van der Waals surface area contributed by atoms with Crippen LogP contribution in [0.4, 0.5) is 10.1 Å². The van der Waals surface area contributed by atoms with E-state index in [2.05, 4.69) is 0 Å². The van der Waals surface area contributed by atoms with Crippen molar-refractivity contribution < 1.29 is 4.39 Å². The standard InChI is InChI=1S/C15H13FN2/c1-2-11-7-12(3-4-15(11)18)13-5-10(9-17)6-14(16)8-13/h3-8H,2,18H2,1H3. The molecule has 3 heteroatoms. The molecule has 0 fully saturated rings. The number of nitrogens with zero attached hydrogens (tertiary/aromatic N) is 1. The van der Waals surface area contributed by atoms with E-state index in [9.17, 15) is 4.39 Å². The van der Waals surface area contributed by atoms with Crippen LogP contribution in [0.2, 0.25) is 0 Å². The third-order valence-electron chi connectivity index (χ3n) is 2.88. The normalized spacial score (nSPS) is 10.1. The van der Waals surface area contributed by atoms with Crippen LogP contribution < -0.4 is 5.73 Å². The molecule has 0 radical (unpaired) electrons. The van der Waals surface area contributed by atoms with Crippen LogP contribution >= 0.6 is 0 Å². The van der Waals surface area contributed by atoms with E-state index in [1.165, 1.54) is 12.1 Å². The molecule has 0 atom stereocenters. The van der Waals surface area contributed by atoms with Gasteiger partial charge < -0.3 is 5.73 Å². The maximum Gasteiger partial charge on any atom is 0.125 e. The van der Waals surface area contributed by atoms with Gasteiger partial charge in [-0.3, -0.25) is 0 Å². The van der Waals surface area contributed by atoms with E-state index in [0.29, 0.717) is 11.1 Å². The minimum atomic E-state index is -0.404. The number of rotatable bonds is 2. The number of nitriles is 1. The largest absolute Gasteiger partial charge is 0.399 e. The highest BCUT2D eigenvalue weighted by molar-refractivity contribution is 5.69. The molecular weight excluding hydrogens is 227 g/mol.